The minimum atomic E-state index is -0.922. The molecule has 0 aliphatic heterocycles. The van der Waals surface area contributed by atoms with Crippen molar-refractivity contribution in [3.63, 3.8) is 0 Å². The van der Waals surface area contributed by atoms with Gasteiger partial charge in [0.05, 0.1) is 12.6 Å². The zero-order valence-corrected chi connectivity index (χ0v) is 15.1. The molecule has 0 saturated carbocycles. The molecule has 136 valence electrons. The van der Waals surface area contributed by atoms with Crippen LogP contribution in [0.4, 0.5) is 0 Å². The number of hydrogen-bond donors (Lipinski definition) is 2. The molecule has 25 heavy (non-hydrogen) atoms. The molecule has 0 aliphatic rings. The van der Waals surface area contributed by atoms with E-state index in [1.807, 2.05) is 43.3 Å². The van der Waals surface area contributed by atoms with Crippen molar-refractivity contribution in [2.75, 3.05) is 27.2 Å². The summed E-state index contributed by atoms with van der Waals surface area (Å²) in [6.07, 6.45) is 0.259. The Labute approximate surface area is 150 Å². The van der Waals surface area contributed by atoms with Gasteiger partial charge in [-0.05, 0) is 31.6 Å². The summed E-state index contributed by atoms with van der Waals surface area (Å²) in [5, 5.41) is 9.99. The molecule has 10 heteroatoms. The van der Waals surface area contributed by atoms with Gasteiger partial charge in [0.1, 0.15) is 0 Å². The third-order valence-electron chi connectivity index (χ3n) is 3.16. The summed E-state index contributed by atoms with van der Waals surface area (Å²) in [6.45, 7) is 1.40. The topological polar surface area (TPSA) is 139 Å². The Hall–Kier alpha value is -2.17. The maximum Gasteiger partial charge on any atom is 0.303 e. The fourth-order valence-electron chi connectivity index (χ4n) is 1.90. The Morgan fingerprint density at radius 2 is 2.04 bits per heavy atom. The van der Waals surface area contributed by atoms with Crippen LogP contribution in [0.25, 0.3) is 0 Å². The molecule has 1 amide bonds. The second-order valence-corrected chi connectivity index (χ2v) is 6.47. The molecule has 9 nitrogen and oxygen atoms in total. The van der Waals surface area contributed by atoms with E-state index in [0.717, 1.165) is 17.7 Å². The second-order valence-electron chi connectivity index (χ2n) is 5.53. The van der Waals surface area contributed by atoms with Crippen molar-refractivity contribution in [3.05, 3.63) is 40.3 Å². The van der Waals surface area contributed by atoms with Gasteiger partial charge in [0.2, 0.25) is 5.17 Å². The summed E-state index contributed by atoms with van der Waals surface area (Å²) >= 11 is 1.41. The number of carbonyl (C=O) groups excluding carboxylic acids is 1. The van der Waals surface area contributed by atoms with Crippen molar-refractivity contribution in [1.29, 1.82) is 0 Å². The zero-order chi connectivity index (χ0) is 18.7. The number of nitroso groups, excluding NO2 is 1. The van der Waals surface area contributed by atoms with Crippen LogP contribution in [0.2, 0.25) is 0 Å². The summed E-state index contributed by atoms with van der Waals surface area (Å²) in [7, 11) is 3.93. The van der Waals surface area contributed by atoms with Crippen molar-refractivity contribution < 1.29 is 4.79 Å². The number of hydrogen-bond acceptors (Lipinski definition) is 7. The van der Waals surface area contributed by atoms with E-state index in [1.54, 1.807) is 0 Å². The van der Waals surface area contributed by atoms with E-state index in [9.17, 15) is 9.70 Å². The van der Waals surface area contributed by atoms with Crippen LogP contribution in [0.1, 0.15) is 11.1 Å². The fraction of sp³-hybridized carbons (Fsp3) is 0.467. The van der Waals surface area contributed by atoms with Crippen LogP contribution in [-0.2, 0) is 17.0 Å². The van der Waals surface area contributed by atoms with Crippen LogP contribution in [0, 0.1) is 4.91 Å². The van der Waals surface area contributed by atoms with Gasteiger partial charge in [0.25, 0.3) is 0 Å². The molecule has 0 spiro atoms. The Bertz CT molecular complexity index is 634. The normalized spacial score (nSPS) is 13.4. The largest absolute Gasteiger partial charge is 0.319 e. The van der Waals surface area contributed by atoms with Crippen LogP contribution >= 0.6 is 11.8 Å². The Morgan fingerprint density at radius 1 is 1.32 bits per heavy atom. The lowest BCUT2D eigenvalue weighted by Gasteiger charge is -2.08. The first kappa shape index (κ1) is 20.9. The molecule has 0 aliphatic carbocycles. The Balaban J connectivity index is 2.67. The molecule has 0 fully saturated rings. The van der Waals surface area contributed by atoms with Gasteiger partial charge in [-0.3, -0.25) is 9.79 Å². The van der Waals surface area contributed by atoms with Crippen LogP contribution in [0.15, 0.2) is 44.8 Å². The number of carbonyl (C=O) groups is 1. The summed E-state index contributed by atoms with van der Waals surface area (Å²) in [4.78, 5) is 27.8. The number of nitrogens with two attached hydrogens (primary N) is 2. The second kappa shape index (κ2) is 11.4. The van der Waals surface area contributed by atoms with E-state index in [4.69, 9.17) is 11.6 Å². The van der Waals surface area contributed by atoms with Crippen molar-refractivity contribution in [2.24, 2.45) is 32.1 Å². The van der Waals surface area contributed by atoms with Gasteiger partial charge in [0, 0.05) is 17.5 Å². The predicted octanol–water partition coefficient (Wildman–Crippen LogP) is 1.33. The highest BCUT2D eigenvalue weighted by Gasteiger charge is 2.14. The van der Waals surface area contributed by atoms with Gasteiger partial charge >= 0.3 is 5.91 Å². The number of rotatable bonds is 8. The average Bonchev–Trinajstić information content (AvgIpc) is 2.59. The number of nitrogens with zero attached hydrogens (tertiary/aromatic N) is 5. The van der Waals surface area contributed by atoms with E-state index >= 15 is 0 Å². The number of aliphatic imine (C=N–C) groups is 1. The molecule has 1 aromatic carbocycles. The molecule has 0 heterocycles. The third kappa shape index (κ3) is 8.47. The Morgan fingerprint density at radius 3 is 2.68 bits per heavy atom. The first-order valence-electron chi connectivity index (χ1n) is 7.59. The molecule has 0 bridgehead atoms. The number of thioether (sulfide) groups is 1. The summed E-state index contributed by atoms with van der Waals surface area (Å²) in [6, 6.07) is 6.65. The number of amidine groups is 1. The van der Waals surface area contributed by atoms with Crippen molar-refractivity contribution in [2.45, 2.75) is 18.2 Å². The maximum absolute atomic E-state index is 11.2. The lowest BCUT2D eigenvalue weighted by Crippen LogP contribution is -2.31. The summed E-state index contributed by atoms with van der Waals surface area (Å²) < 4.78 is 0. The first-order valence-corrected chi connectivity index (χ1v) is 8.58. The molecule has 0 saturated heterocycles. The van der Waals surface area contributed by atoms with E-state index < -0.39 is 11.9 Å². The molecular weight excluding hydrogens is 342 g/mol. The predicted molar refractivity (Wildman–Crippen MR) is 100 cm³/mol. The van der Waals surface area contributed by atoms with Crippen LogP contribution in [-0.4, -0.2) is 49.2 Å². The van der Waals surface area contributed by atoms with E-state index in [1.165, 1.54) is 11.8 Å². The molecular formula is C15H23N7O2S. The monoisotopic (exact) mass is 365 g/mol. The first-order chi connectivity index (χ1) is 12.0. The molecule has 1 aromatic rings. The van der Waals surface area contributed by atoms with Crippen molar-refractivity contribution >= 4 is 22.8 Å². The van der Waals surface area contributed by atoms with Crippen molar-refractivity contribution in [3.8, 4) is 0 Å². The van der Waals surface area contributed by atoms with E-state index in [-0.39, 0.29) is 6.42 Å². The molecule has 0 aromatic heterocycles. The molecule has 0 radical (unpaired) electrons. The fourth-order valence-corrected chi connectivity index (χ4v) is 2.67. The van der Waals surface area contributed by atoms with Gasteiger partial charge in [-0.2, -0.15) is 0 Å². The molecule has 1 atom stereocenters. The summed E-state index contributed by atoms with van der Waals surface area (Å²) in [5.41, 5.74) is 7.50. The van der Waals surface area contributed by atoms with Crippen LogP contribution < -0.4 is 11.6 Å². The van der Waals surface area contributed by atoms with Crippen molar-refractivity contribution in [1.82, 2.24) is 4.90 Å². The van der Waals surface area contributed by atoms with Crippen LogP contribution in [0.5, 0.6) is 0 Å². The maximum atomic E-state index is 11.2. The third-order valence-corrected chi connectivity index (χ3v) is 4.11. The van der Waals surface area contributed by atoms with Gasteiger partial charge in [-0.15, -0.1) is 10.0 Å². The van der Waals surface area contributed by atoms with E-state index in [2.05, 4.69) is 20.5 Å². The zero-order valence-electron chi connectivity index (χ0n) is 14.3. The number of amides is 1. The van der Waals surface area contributed by atoms with Gasteiger partial charge in [-0.25, -0.2) is 0 Å². The lowest BCUT2D eigenvalue weighted by atomic mass is 10.0. The van der Waals surface area contributed by atoms with Gasteiger partial charge in [-0.1, -0.05) is 41.3 Å². The van der Waals surface area contributed by atoms with Crippen LogP contribution in [0.3, 0.4) is 0 Å². The Kier molecular flexibility index (Phi) is 9.51. The smallest absolute Gasteiger partial charge is 0.303 e. The summed E-state index contributed by atoms with van der Waals surface area (Å²) in [5.74, 6) is 4.89. The average molecular weight is 365 g/mol. The minimum Gasteiger partial charge on any atom is -0.319 e. The highest BCUT2D eigenvalue weighted by atomic mass is 32.2. The highest BCUT2D eigenvalue weighted by molar-refractivity contribution is 8.13. The van der Waals surface area contributed by atoms with Gasteiger partial charge < -0.3 is 16.5 Å². The minimum absolute atomic E-state index is 0.259. The SMILES string of the molecule is CN(C)CCN=C(/N=N\N)SCc1cccc(CC(N)C(=O)N=O)c1. The molecule has 4 N–H and O–H groups in total. The standard InChI is InChI=1S/C15H23N7O2S/c1-22(2)7-6-18-15(19-21-17)25-10-12-5-3-4-11(8-12)9-13(16)14(23)20-24/h3-5,8,13H,6-7,9-10,16H2,1-2H3,(H2,17,18,19). The van der Waals surface area contributed by atoms with E-state index in [0.29, 0.717) is 17.5 Å². The lowest BCUT2D eigenvalue weighted by molar-refractivity contribution is -0.119. The van der Waals surface area contributed by atoms with Gasteiger partial charge in [0.15, 0.2) is 0 Å². The number of benzene rings is 1. The molecule has 1 rings (SSSR count). The number of likely N-dealkylation sites (N-methyl/N-ethyl adjacent to an activating group) is 1. The molecule has 1 unspecified atom stereocenters. The quantitative estimate of drug-likeness (QED) is 0.178. The highest BCUT2D eigenvalue weighted by Crippen LogP contribution is 2.17.